The number of hydrogen-bond donors (Lipinski definition) is 0. The van der Waals surface area contributed by atoms with E-state index >= 15 is 0 Å². The Morgan fingerprint density at radius 1 is 1.08 bits per heavy atom. The molecule has 128 valence electrons. The van der Waals surface area contributed by atoms with Crippen LogP contribution >= 0.6 is 11.3 Å². The number of nitrogens with zero attached hydrogens (tertiary/aromatic N) is 2. The monoisotopic (exact) mass is 346 g/mol. The minimum atomic E-state index is 0.144. The molecule has 1 aliphatic heterocycles. The van der Waals surface area contributed by atoms with Gasteiger partial charge in [0.1, 0.15) is 18.1 Å². The molecule has 2 aromatic rings. The van der Waals surface area contributed by atoms with Crippen LogP contribution in [0.3, 0.4) is 0 Å². The van der Waals surface area contributed by atoms with Crippen molar-refractivity contribution in [3.8, 4) is 11.5 Å². The molecule has 5 nitrogen and oxygen atoms in total. The first kappa shape index (κ1) is 16.8. The Morgan fingerprint density at radius 3 is 2.42 bits per heavy atom. The van der Waals surface area contributed by atoms with Gasteiger partial charge < -0.3 is 14.4 Å². The maximum absolute atomic E-state index is 12.3. The minimum Gasteiger partial charge on any atom is -0.497 e. The third-order valence-corrected chi connectivity index (χ3v) is 4.85. The Hall–Kier alpha value is -2.05. The SMILES string of the molecule is COc1ccc(OCCN2CCN(C(=O)c3ccsc3)CC2)cc1. The molecule has 0 unspecified atom stereocenters. The van der Waals surface area contributed by atoms with Gasteiger partial charge in [-0.05, 0) is 35.7 Å². The Morgan fingerprint density at radius 2 is 1.79 bits per heavy atom. The molecule has 0 bridgehead atoms. The number of ether oxygens (including phenoxy) is 2. The Bertz CT molecular complexity index is 635. The Kier molecular flexibility index (Phi) is 5.72. The highest BCUT2D eigenvalue weighted by atomic mass is 32.1. The summed E-state index contributed by atoms with van der Waals surface area (Å²) in [5.41, 5.74) is 0.802. The van der Waals surface area contributed by atoms with Gasteiger partial charge in [-0.1, -0.05) is 0 Å². The second kappa shape index (κ2) is 8.17. The van der Waals surface area contributed by atoms with Crippen LogP contribution in [-0.4, -0.2) is 62.1 Å². The summed E-state index contributed by atoms with van der Waals surface area (Å²) in [7, 11) is 1.65. The number of carbonyl (C=O) groups is 1. The average molecular weight is 346 g/mol. The fraction of sp³-hybridized carbons (Fsp3) is 0.389. The van der Waals surface area contributed by atoms with Crippen LogP contribution < -0.4 is 9.47 Å². The molecule has 6 heteroatoms. The van der Waals surface area contributed by atoms with E-state index in [-0.39, 0.29) is 5.91 Å². The number of benzene rings is 1. The normalized spacial score (nSPS) is 15.3. The number of thiophene rings is 1. The summed E-state index contributed by atoms with van der Waals surface area (Å²) in [6.07, 6.45) is 0. The van der Waals surface area contributed by atoms with E-state index in [1.807, 2.05) is 46.0 Å². The van der Waals surface area contributed by atoms with Crippen molar-refractivity contribution in [2.75, 3.05) is 46.4 Å². The van der Waals surface area contributed by atoms with Crippen molar-refractivity contribution in [1.82, 2.24) is 9.80 Å². The number of hydrogen-bond acceptors (Lipinski definition) is 5. The van der Waals surface area contributed by atoms with E-state index in [0.29, 0.717) is 6.61 Å². The van der Waals surface area contributed by atoms with Gasteiger partial charge in [-0.2, -0.15) is 11.3 Å². The number of rotatable bonds is 6. The summed E-state index contributed by atoms with van der Waals surface area (Å²) in [5, 5.41) is 3.86. The van der Waals surface area contributed by atoms with E-state index in [2.05, 4.69) is 4.90 Å². The van der Waals surface area contributed by atoms with Gasteiger partial charge >= 0.3 is 0 Å². The van der Waals surface area contributed by atoms with Gasteiger partial charge in [0, 0.05) is 38.1 Å². The first-order valence-electron chi connectivity index (χ1n) is 8.07. The molecule has 0 saturated carbocycles. The van der Waals surface area contributed by atoms with Crippen molar-refractivity contribution in [2.45, 2.75) is 0 Å². The van der Waals surface area contributed by atoms with Crippen LogP contribution in [0, 0.1) is 0 Å². The molecule has 0 spiro atoms. The molecule has 0 aliphatic carbocycles. The van der Waals surface area contributed by atoms with Crippen molar-refractivity contribution in [3.05, 3.63) is 46.7 Å². The lowest BCUT2D eigenvalue weighted by molar-refractivity contribution is 0.0621. The maximum Gasteiger partial charge on any atom is 0.254 e. The van der Waals surface area contributed by atoms with E-state index in [1.165, 1.54) is 0 Å². The van der Waals surface area contributed by atoms with Crippen LogP contribution in [0.4, 0.5) is 0 Å². The number of carbonyl (C=O) groups excluding carboxylic acids is 1. The van der Waals surface area contributed by atoms with Crippen LogP contribution in [-0.2, 0) is 0 Å². The van der Waals surface area contributed by atoms with Gasteiger partial charge in [0.15, 0.2) is 0 Å². The van der Waals surface area contributed by atoms with Gasteiger partial charge in [-0.3, -0.25) is 9.69 Å². The zero-order chi connectivity index (χ0) is 16.8. The van der Waals surface area contributed by atoms with Crippen LogP contribution in [0.2, 0.25) is 0 Å². The molecule has 1 fully saturated rings. The lowest BCUT2D eigenvalue weighted by atomic mass is 10.2. The number of methoxy groups -OCH3 is 1. The molecule has 0 radical (unpaired) electrons. The van der Waals surface area contributed by atoms with E-state index in [1.54, 1.807) is 18.4 Å². The predicted molar refractivity (Wildman–Crippen MR) is 95.2 cm³/mol. The molecule has 0 N–H and O–H groups in total. The van der Waals surface area contributed by atoms with Crippen LogP contribution in [0.1, 0.15) is 10.4 Å². The third-order valence-electron chi connectivity index (χ3n) is 4.16. The van der Waals surface area contributed by atoms with Crippen LogP contribution in [0.5, 0.6) is 11.5 Å². The smallest absolute Gasteiger partial charge is 0.254 e. The highest BCUT2D eigenvalue weighted by Crippen LogP contribution is 2.17. The number of amides is 1. The molecule has 0 atom stereocenters. The Balaban J connectivity index is 1.38. The summed E-state index contributed by atoms with van der Waals surface area (Å²) in [6.45, 7) is 4.84. The van der Waals surface area contributed by atoms with Gasteiger partial charge in [-0.15, -0.1) is 0 Å². The molecule has 2 heterocycles. The summed E-state index contributed by atoms with van der Waals surface area (Å²) < 4.78 is 10.9. The van der Waals surface area contributed by atoms with Crippen molar-refractivity contribution < 1.29 is 14.3 Å². The molecular weight excluding hydrogens is 324 g/mol. The molecule has 24 heavy (non-hydrogen) atoms. The largest absolute Gasteiger partial charge is 0.497 e. The maximum atomic E-state index is 12.3. The summed E-state index contributed by atoms with van der Waals surface area (Å²) >= 11 is 1.56. The van der Waals surface area contributed by atoms with Crippen molar-refractivity contribution in [2.24, 2.45) is 0 Å². The molecule has 3 rings (SSSR count). The molecule has 1 amide bonds. The third kappa shape index (κ3) is 4.27. The molecular formula is C18H22N2O3S. The average Bonchev–Trinajstić information content (AvgIpc) is 3.17. The fourth-order valence-electron chi connectivity index (χ4n) is 2.71. The summed E-state index contributed by atoms with van der Waals surface area (Å²) in [6, 6.07) is 9.50. The second-order valence-corrected chi connectivity index (χ2v) is 6.45. The first-order valence-corrected chi connectivity index (χ1v) is 9.01. The predicted octanol–water partition coefficient (Wildman–Crippen LogP) is 2.59. The minimum absolute atomic E-state index is 0.144. The van der Waals surface area contributed by atoms with Crippen LogP contribution in [0.25, 0.3) is 0 Å². The Labute approximate surface area is 146 Å². The lowest BCUT2D eigenvalue weighted by Crippen LogP contribution is -2.49. The van der Waals surface area contributed by atoms with Crippen molar-refractivity contribution in [1.29, 1.82) is 0 Å². The topological polar surface area (TPSA) is 42.0 Å². The summed E-state index contributed by atoms with van der Waals surface area (Å²) in [4.78, 5) is 16.6. The molecule has 1 aliphatic rings. The standard InChI is InChI=1S/C18H22N2O3S/c1-22-16-2-4-17(5-3-16)23-12-11-19-7-9-20(10-8-19)18(21)15-6-13-24-14-15/h2-6,13-14H,7-12H2,1H3. The van der Waals surface area contributed by atoms with Crippen LogP contribution in [0.15, 0.2) is 41.1 Å². The molecule has 1 saturated heterocycles. The summed E-state index contributed by atoms with van der Waals surface area (Å²) in [5.74, 6) is 1.82. The second-order valence-electron chi connectivity index (χ2n) is 5.67. The van der Waals surface area contributed by atoms with Crippen molar-refractivity contribution >= 4 is 17.2 Å². The highest BCUT2D eigenvalue weighted by Gasteiger charge is 2.22. The van der Waals surface area contributed by atoms with Gasteiger partial charge in [0.05, 0.1) is 12.7 Å². The van der Waals surface area contributed by atoms with Gasteiger partial charge in [0.2, 0.25) is 0 Å². The number of piperazine rings is 1. The zero-order valence-corrected chi connectivity index (χ0v) is 14.6. The van der Waals surface area contributed by atoms with E-state index < -0.39 is 0 Å². The fourth-order valence-corrected chi connectivity index (χ4v) is 3.34. The first-order chi connectivity index (χ1) is 11.8. The van der Waals surface area contributed by atoms with E-state index in [4.69, 9.17) is 9.47 Å². The highest BCUT2D eigenvalue weighted by molar-refractivity contribution is 7.08. The van der Waals surface area contributed by atoms with Gasteiger partial charge in [0.25, 0.3) is 5.91 Å². The van der Waals surface area contributed by atoms with Crippen molar-refractivity contribution in [3.63, 3.8) is 0 Å². The quantitative estimate of drug-likeness (QED) is 0.806. The van der Waals surface area contributed by atoms with E-state index in [9.17, 15) is 4.79 Å². The zero-order valence-electron chi connectivity index (χ0n) is 13.8. The lowest BCUT2D eigenvalue weighted by Gasteiger charge is -2.34. The van der Waals surface area contributed by atoms with Gasteiger partial charge in [-0.25, -0.2) is 0 Å². The van der Waals surface area contributed by atoms with E-state index in [0.717, 1.165) is 49.8 Å². The molecule has 1 aromatic carbocycles. The molecule has 1 aromatic heterocycles.